The van der Waals surface area contributed by atoms with Gasteiger partial charge in [0.2, 0.25) is 0 Å². The number of unbranched alkanes of at least 4 members (excludes halogenated alkanes) is 13. The lowest BCUT2D eigenvalue weighted by atomic mass is 10.0. The molecule has 0 atom stereocenters. The maximum absolute atomic E-state index is 12.6. The number of benzene rings is 3. The highest BCUT2D eigenvalue weighted by Crippen LogP contribution is 2.25. The van der Waals surface area contributed by atoms with Crippen molar-refractivity contribution in [1.82, 2.24) is 0 Å². The molecule has 0 N–H and O–H groups in total. The number of azo groups is 1. The molecule has 0 unspecified atom stereocenters. The summed E-state index contributed by atoms with van der Waals surface area (Å²) in [4.78, 5) is 12.6. The molecular formula is C37H50N2O3. The number of rotatable bonds is 20. The van der Waals surface area contributed by atoms with E-state index in [4.69, 9.17) is 9.47 Å². The van der Waals surface area contributed by atoms with Gasteiger partial charge >= 0.3 is 5.97 Å². The maximum Gasteiger partial charge on any atom is 0.343 e. The molecule has 3 rings (SSSR count). The summed E-state index contributed by atoms with van der Waals surface area (Å²) in [6.45, 7) is 7.05. The lowest BCUT2D eigenvalue weighted by Gasteiger charge is -2.08. The van der Waals surface area contributed by atoms with Gasteiger partial charge in [0, 0.05) is 0 Å². The molecule has 0 aliphatic carbocycles. The van der Waals surface area contributed by atoms with E-state index in [0.29, 0.717) is 23.6 Å². The summed E-state index contributed by atoms with van der Waals surface area (Å²) in [7, 11) is 0. The normalized spacial score (nSPS) is 11.2. The highest BCUT2D eigenvalue weighted by molar-refractivity contribution is 5.91. The van der Waals surface area contributed by atoms with E-state index in [0.717, 1.165) is 23.4 Å². The predicted octanol–water partition coefficient (Wildman–Crippen LogP) is 11.8. The second-order valence-electron chi connectivity index (χ2n) is 11.3. The van der Waals surface area contributed by atoms with E-state index >= 15 is 0 Å². The largest absolute Gasteiger partial charge is 0.494 e. The fraction of sp³-hybridized carbons (Fsp3) is 0.486. The first kappa shape index (κ1) is 33.0. The van der Waals surface area contributed by atoms with Crippen LogP contribution in [0.15, 0.2) is 77.0 Å². The van der Waals surface area contributed by atoms with Crippen LogP contribution in [0.1, 0.15) is 118 Å². The second-order valence-corrected chi connectivity index (χ2v) is 11.3. The van der Waals surface area contributed by atoms with Crippen molar-refractivity contribution >= 4 is 17.3 Å². The van der Waals surface area contributed by atoms with Crippen molar-refractivity contribution in [2.75, 3.05) is 6.61 Å². The molecule has 0 aromatic heterocycles. The number of carbonyl (C=O) groups is 1. The van der Waals surface area contributed by atoms with Crippen LogP contribution >= 0.6 is 0 Å². The van der Waals surface area contributed by atoms with Gasteiger partial charge < -0.3 is 9.47 Å². The minimum Gasteiger partial charge on any atom is -0.494 e. The van der Waals surface area contributed by atoms with Crippen molar-refractivity contribution in [2.45, 2.75) is 111 Å². The lowest BCUT2D eigenvalue weighted by molar-refractivity contribution is 0.0734. The van der Waals surface area contributed by atoms with Gasteiger partial charge in [-0.2, -0.15) is 10.2 Å². The van der Waals surface area contributed by atoms with E-state index in [2.05, 4.69) is 30.1 Å². The number of esters is 1. The molecular weight excluding hydrogens is 520 g/mol. The fourth-order valence-electron chi connectivity index (χ4n) is 4.95. The van der Waals surface area contributed by atoms with E-state index in [1.807, 2.05) is 31.2 Å². The Balaban J connectivity index is 1.25. The summed E-state index contributed by atoms with van der Waals surface area (Å²) in [5, 5.41) is 8.63. The van der Waals surface area contributed by atoms with Crippen LogP contribution in [0.3, 0.4) is 0 Å². The van der Waals surface area contributed by atoms with Gasteiger partial charge in [-0.3, -0.25) is 0 Å². The molecule has 0 radical (unpaired) electrons. The van der Waals surface area contributed by atoms with Crippen LogP contribution in [0.5, 0.6) is 11.5 Å². The molecule has 0 fully saturated rings. The van der Waals surface area contributed by atoms with Gasteiger partial charge in [-0.15, -0.1) is 0 Å². The Morgan fingerprint density at radius 2 is 1.17 bits per heavy atom. The zero-order valence-corrected chi connectivity index (χ0v) is 26.1. The van der Waals surface area contributed by atoms with Crippen molar-refractivity contribution < 1.29 is 14.3 Å². The molecule has 0 bridgehead atoms. The van der Waals surface area contributed by atoms with Crippen molar-refractivity contribution in [1.29, 1.82) is 0 Å². The zero-order valence-electron chi connectivity index (χ0n) is 26.1. The summed E-state index contributed by atoms with van der Waals surface area (Å²) >= 11 is 0. The molecule has 0 aliphatic rings. The van der Waals surface area contributed by atoms with E-state index < -0.39 is 5.97 Å². The molecule has 0 saturated carbocycles. The number of nitrogens with zero attached hydrogens (tertiary/aromatic N) is 2. The van der Waals surface area contributed by atoms with Crippen LogP contribution in [0.2, 0.25) is 0 Å². The van der Waals surface area contributed by atoms with Gasteiger partial charge in [0.1, 0.15) is 11.5 Å². The van der Waals surface area contributed by atoms with E-state index in [1.54, 1.807) is 36.4 Å². The monoisotopic (exact) mass is 570 g/mol. The molecule has 5 nitrogen and oxygen atoms in total. The van der Waals surface area contributed by atoms with Crippen molar-refractivity contribution in [2.24, 2.45) is 10.2 Å². The molecule has 5 heteroatoms. The summed E-state index contributed by atoms with van der Waals surface area (Å²) in [6, 6.07) is 20.2. The number of carbonyl (C=O) groups excluding carboxylic acids is 1. The number of hydrogen-bond donors (Lipinski definition) is 0. The highest BCUT2D eigenvalue weighted by atomic mass is 16.5. The van der Waals surface area contributed by atoms with Crippen LogP contribution in [0.4, 0.5) is 11.4 Å². The van der Waals surface area contributed by atoms with Crippen LogP contribution in [-0.4, -0.2) is 12.6 Å². The van der Waals surface area contributed by atoms with Gasteiger partial charge in [0.15, 0.2) is 0 Å². The van der Waals surface area contributed by atoms with Crippen molar-refractivity contribution in [3.05, 3.63) is 83.4 Å². The van der Waals surface area contributed by atoms with Gasteiger partial charge in [-0.1, -0.05) is 108 Å². The Bertz CT molecular complexity index is 1200. The van der Waals surface area contributed by atoms with Gasteiger partial charge in [0.05, 0.1) is 23.5 Å². The summed E-state index contributed by atoms with van der Waals surface area (Å²) in [5.74, 6) is 0.835. The summed E-state index contributed by atoms with van der Waals surface area (Å²) in [5.41, 5.74) is 4.28. The standard InChI is InChI=1S/C37H50N2O3/c1-4-5-6-7-8-9-10-11-12-13-14-15-16-17-28-41-34-23-19-32(20-24-34)37(40)42-35-25-21-33(22-26-35)38-39-36-27-18-30(2)29-31(36)3/h18-27,29H,4-17,28H2,1-3H3. The third-order valence-electron chi connectivity index (χ3n) is 7.53. The molecule has 0 amide bonds. The minimum atomic E-state index is -0.404. The van der Waals surface area contributed by atoms with E-state index in [9.17, 15) is 4.79 Å². The number of aryl methyl sites for hydroxylation is 2. The van der Waals surface area contributed by atoms with Crippen LogP contribution in [0, 0.1) is 13.8 Å². The second kappa shape index (κ2) is 19.6. The van der Waals surface area contributed by atoms with Gasteiger partial charge in [-0.25, -0.2) is 4.79 Å². The van der Waals surface area contributed by atoms with E-state index in [1.165, 1.54) is 89.0 Å². The first-order valence-corrected chi connectivity index (χ1v) is 16.1. The Kier molecular flexibility index (Phi) is 15.4. The number of ether oxygens (including phenoxy) is 2. The van der Waals surface area contributed by atoms with Crippen molar-refractivity contribution in [3.63, 3.8) is 0 Å². The lowest BCUT2D eigenvalue weighted by Crippen LogP contribution is -2.08. The quantitative estimate of drug-likeness (QED) is 0.0587. The third-order valence-corrected chi connectivity index (χ3v) is 7.53. The van der Waals surface area contributed by atoms with E-state index in [-0.39, 0.29) is 0 Å². The minimum absolute atomic E-state index is 0.404. The Hall–Kier alpha value is -3.47. The van der Waals surface area contributed by atoms with Crippen molar-refractivity contribution in [3.8, 4) is 11.5 Å². The molecule has 0 spiro atoms. The SMILES string of the molecule is CCCCCCCCCCCCCCCCOc1ccc(C(=O)Oc2ccc(N=Nc3ccc(C)cc3C)cc2)cc1. The molecule has 0 saturated heterocycles. The third kappa shape index (κ3) is 13.0. The predicted molar refractivity (Wildman–Crippen MR) is 174 cm³/mol. The summed E-state index contributed by atoms with van der Waals surface area (Å²) < 4.78 is 11.4. The summed E-state index contributed by atoms with van der Waals surface area (Å²) in [6.07, 6.45) is 18.8. The molecule has 42 heavy (non-hydrogen) atoms. The molecule has 3 aromatic rings. The average molecular weight is 571 g/mol. The topological polar surface area (TPSA) is 60.2 Å². The molecule has 3 aromatic carbocycles. The molecule has 226 valence electrons. The Morgan fingerprint density at radius 3 is 1.74 bits per heavy atom. The first-order valence-electron chi connectivity index (χ1n) is 16.1. The Labute approximate surface area is 253 Å². The van der Waals surface area contributed by atoms with Gasteiger partial charge in [-0.05, 0) is 80.4 Å². The Morgan fingerprint density at radius 1 is 0.619 bits per heavy atom. The maximum atomic E-state index is 12.6. The van der Waals surface area contributed by atoms with Gasteiger partial charge in [0.25, 0.3) is 0 Å². The zero-order chi connectivity index (χ0) is 29.8. The van der Waals surface area contributed by atoms with Crippen LogP contribution in [-0.2, 0) is 0 Å². The van der Waals surface area contributed by atoms with Crippen LogP contribution in [0.25, 0.3) is 0 Å². The first-order chi connectivity index (χ1) is 20.5. The fourth-order valence-corrected chi connectivity index (χ4v) is 4.95. The molecule has 0 aliphatic heterocycles. The highest BCUT2D eigenvalue weighted by Gasteiger charge is 2.09. The average Bonchev–Trinajstić information content (AvgIpc) is 2.99. The van der Waals surface area contributed by atoms with Crippen LogP contribution < -0.4 is 9.47 Å². The smallest absolute Gasteiger partial charge is 0.343 e. The number of hydrogen-bond acceptors (Lipinski definition) is 5. The molecule has 0 heterocycles.